The summed E-state index contributed by atoms with van der Waals surface area (Å²) < 4.78 is 32.6. The van der Waals surface area contributed by atoms with Gasteiger partial charge in [-0.1, -0.05) is 12.1 Å². The molecule has 3 aromatic rings. The van der Waals surface area contributed by atoms with Gasteiger partial charge in [0.05, 0.1) is 7.11 Å². The number of hydrogen-bond acceptors (Lipinski definition) is 9. The molecule has 2 aromatic carbocycles. The molecule has 0 spiro atoms. The first-order valence-corrected chi connectivity index (χ1v) is 10.3. The number of carbonyl (C=O) groups is 2. The summed E-state index contributed by atoms with van der Waals surface area (Å²) in [5.41, 5.74) is 1.28. The van der Waals surface area contributed by atoms with E-state index in [0.717, 1.165) is 11.3 Å². The zero-order valence-corrected chi connectivity index (χ0v) is 17.5. The van der Waals surface area contributed by atoms with Crippen molar-refractivity contribution in [2.45, 2.75) is 6.10 Å². The van der Waals surface area contributed by atoms with Gasteiger partial charge >= 0.3 is 11.9 Å². The van der Waals surface area contributed by atoms with Crippen LogP contribution in [0.15, 0.2) is 42.5 Å². The summed E-state index contributed by atoms with van der Waals surface area (Å²) in [4.78, 5) is 24.4. The Morgan fingerprint density at radius 2 is 1.47 bits per heavy atom. The lowest BCUT2D eigenvalue weighted by molar-refractivity contribution is 0.0382. The molecule has 1 aromatic heterocycles. The minimum Gasteiger partial charge on any atom is -0.495 e. The number of carbonyl (C=O) groups excluding carboxylic acids is 1. The highest BCUT2D eigenvalue weighted by atomic mass is 32.1. The van der Waals surface area contributed by atoms with Gasteiger partial charge in [-0.3, -0.25) is 0 Å². The van der Waals surface area contributed by atoms with Gasteiger partial charge in [0.15, 0.2) is 34.0 Å². The minimum atomic E-state index is -1.19. The van der Waals surface area contributed by atoms with E-state index in [0.29, 0.717) is 34.1 Å². The molecule has 0 fully saturated rings. The number of esters is 1. The van der Waals surface area contributed by atoms with E-state index in [-0.39, 0.29) is 29.1 Å². The number of hydrogen-bond donors (Lipinski definition) is 1. The lowest BCUT2D eigenvalue weighted by Crippen LogP contribution is -2.12. The second-order valence-corrected chi connectivity index (χ2v) is 7.88. The first kappa shape index (κ1) is 20.0. The number of aromatic carboxylic acids is 1. The Hall–Kier alpha value is -3.92. The molecule has 10 heteroatoms. The molecule has 164 valence electrons. The average molecular weight is 456 g/mol. The number of fused-ring (bicyclic) bond motifs is 2. The summed E-state index contributed by atoms with van der Waals surface area (Å²) in [7, 11) is 1.34. The van der Waals surface area contributed by atoms with E-state index < -0.39 is 18.0 Å². The molecule has 1 N–H and O–H groups in total. The second kappa shape index (κ2) is 7.97. The summed E-state index contributed by atoms with van der Waals surface area (Å²) in [5, 5.41) is 9.34. The first-order chi connectivity index (χ1) is 15.5. The normalized spacial score (nSPS) is 13.3. The van der Waals surface area contributed by atoms with E-state index in [1.807, 2.05) is 0 Å². The van der Waals surface area contributed by atoms with Crippen molar-refractivity contribution in [3.63, 3.8) is 0 Å². The van der Waals surface area contributed by atoms with Gasteiger partial charge in [0.25, 0.3) is 0 Å². The number of benzene rings is 2. The Balaban J connectivity index is 1.51. The van der Waals surface area contributed by atoms with Crippen molar-refractivity contribution in [1.29, 1.82) is 0 Å². The highest BCUT2D eigenvalue weighted by Crippen LogP contribution is 2.41. The zero-order valence-electron chi connectivity index (χ0n) is 16.7. The van der Waals surface area contributed by atoms with Crippen LogP contribution in [0.2, 0.25) is 0 Å². The van der Waals surface area contributed by atoms with Crippen molar-refractivity contribution in [3.05, 3.63) is 63.3 Å². The van der Waals surface area contributed by atoms with Crippen molar-refractivity contribution in [3.8, 4) is 28.7 Å². The average Bonchev–Trinajstić information content (AvgIpc) is 3.54. The van der Waals surface area contributed by atoms with Gasteiger partial charge in [0, 0.05) is 17.2 Å². The Morgan fingerprint density at radius 1 is 0.906 bits per heavy atom. The van der Waals surface area contributed by atoms with Crippen molar-refractivity contribution < 1.29 is 43.1 Å². The van der Waals surface area contributed by atoms with E-state index in [1.165, 1.54) is 13.2 Å². The summed E-state index contributed by atoms with van der Waals surface area (Å²) in [5.74, 6) is 0.481. The summed E-state index contributed by atoms with van der Waals surface area (Å²) in [6, 6.07) is 11.9. The molecule has 0 amide bonds. The van der Waals surface area contributed by atoms with E-state index in [2.05, 4.69) is 0 Å². The van der Waals surface area contributed by atoms with Crippen LogP contribution in [0.4, 0.5) is 0 Å². The van der Waals surface area contributed by atoms with Crippen LogP contribution in [-0.2, 0) is 4.74 Å². The molecule has 2 aliphatic heterocycles. The van der Waals surface area contributed by atoms with E-state index >= 15 is 0 Å². The van der Waals surface area contributed by atoms with Crippen LogP contribution in [0, 0.1) is 0 Å². The van der Waals surface area contributed by atoms with Gasteiger partial charge in [-0.15, -0.1) is 11.3 Å². The maximum absolute atomic E-state index is 13.0. The lowest BCUT2D eigenvalue weighted by Gasteiger charge is -2.19. The number of thiophene rings is 1. The maximum Gasteiger partial charge on any atom is 0.349 e. The molecule has 0 bridgehead atoms. The van der Waals surface area contributed by atoms with Gasteiger partial charge in [0.2, 0.25) is 13.6 Å². The molecule has 32 heavy (non-hydrogen) atoms. The molecular weight excluding hydrogens is 440 g/mol. The SMILES string of the molecule is COc1cc(C(=O)OC(c2ccc3c(c2)OCO3)c2ccc3c(c2)OCO3)sc1C(=O)O. The monoisotopic (exact) mass is 456 g/mol. The summed E-state index contributed by atoms with van der Waals surface area (Å²) in [6.45, 7) is 0.223. The van der Waals surface area contributed by atoms with Gasteiger partial charge in [-0.2, -0.15) is 0 Å². The van der Waals surface area contributed by atoms with E-state index in [4.69, 9.17) is 28.4 Å². The molecule has 5 rings (SSSR count). The highest BCUT2D eigenvalue weighted by molar-refractivity contribution is 7.16. The molecule has 0 atom stereocenters. The lowest BCUT2D eigenvalue weighted by atomic mass is 10.00. The number of rotatable bonds is 6. The van der Waals surface area contributed by atoms with Gasteiger partial charge < -0.3 is 33.5 Å². The first-order valence-electron chi connectivity index (χ1n) is 9.44. The van der Waals surface area contributed by atoms with Crippen LogP contribution < -0.4 is 23.7 Å². The number of ether oxygens (including phenoxy) is 6. The standard InChI is InChI=1S/C22H16O9S/c1-26-17-8-18(32-20(17)21(23)24)22(25)31-19(11-2-4-13-15(6-11)29-9-27-13)12-3-5-14-16(7-12)30-10-28-14/h2-8,19H,9-10H2,1H3,(H,23,24). The zero-order chi connectivity index (χ0) is 22.2. The predicted molar refractivity (Wildman–Crippen MR) is 110 cm³/mol. The Labute approximate surface area is 185 Å². The van der Waals surface area contributed by atoms with Crippen molar-refractivity contribution in [1.82, 2.24) is 0 Å². The fourth-order valence-electron chi connectivity index (χ4n) is 3.42. The smallest absolute Gasteiger partial charge is 0.349 e. The third kappa shape index (κ3) is 3.54. The maximum atomic E-state index is 13.0. The molecule has 0 saturated heterocycles. The van der Waals surface area contributed by atoms with Gasteiger partial charge in [-0.25, -0.2) is 9.59 Å². The molecular formula is C22H16O9S. The highest BCUT2D eigenvalue weighted by Gasteiger charge is 2.28. The predicted octanol–water partition coefficient (Wildman–Crippen LogP) is 3.86. The second-order valence-electron chi connectivity index (χ2n) is 6.82. The van der Waals surface area contributed by atoms with Crippen LogP contribution in [0.5, 0.6) is 28.7 Å². The minimum absolute atomic E-state index is 0.0813. The fourth-order valence-corrected chi connectivity index (χ4v) is 4.27. The Bertz CT molecular complexity index is 1160. The van der Waals surface area contributed by atoms with Crippen molar-refractivity contribution in [2.75, 3.05) is 20.7 Å². The fraction of sp³-hybridized carbons (Fsp3) is 0.182. The third-order valence-corrected chi connectivity index (χ3v) is 6.02. The Kier molecular flexibility index (Phi) is 4.98. The summed E-state index contributed by atoms with van der Waals surface area (Å²) >= 11 is 0.784. The van der Waals surface area contributed by atoms with Gasteiger partial charge in [0.1, 0.15) is 10.6 Å². The van der Waals surface area contributed by atoms with Crippen LogP contribution in [-0.4, -0.2) is 37.7 Å². The van der Waals surface area contributed by atoms with Crippen molar-refractivity contribution >= 4 is 23.3 Å². The van der Waals surface area contributed by atoms with Gasteiger partial charge in [-0.05, 0) is 24.3 Å². The summed E-state index contributed by atoms with van der Waals surface area (Å²) in [6.07, 6.45) is -0.826. The molecule has 0 unspecified atom stereocenters. The van der Waals surface area contributed by atoms with Crippen LogP contribution in [0.25, 0.3) is 0 Å². The van der Waals surface area contributed by atoms with Crippen molar-refractivity contribution in [2.24, 2.45) is 0 Å². The molecule has 0 radical (unpaired) electrons. The molecule has 2 aliphatic rings. The molecule has 0 saturated carbocycles. The molecule has 3 heterocycles. The van der Waals surface area contributed by atoms with Crippen LogP contribution >= 0.6 is 11.3 Å². The number of carboxylic acid groups (broad SMARTS) is 1. The Morgan fingerprint density at radius 3 is 1.97 bits per heavy atom. The van der Waals surface area contributed by atoms with E-state index in [9.17, 15) is 14.7 Å². The van der Waals surface area contributed by atoms with Crippen LogP contribution in [0.3, 0.4) is 0 Å². The number of methoxy groups -OCH3 is 1. The number of carboxylic acids is 1. The third-order valence-electron chi connectivity index (χ3n) is 4.94. The van der Waals surface area contributed by atoms with E-state index in [1.54, 1.807) is 36.4 Å². The topological polar surface area (TPSA) is 110 Å². The molecule has 0 aliphatic carbocycles. The quantitative estimate of drug-likeness (QED) is 0.553. The largest absolute Gasteiger partial charge is 0.495 e. The van der Waals surface area contributed by atoms with Crippen LogP contribution in [0.1, 0.15) is 36.6 Å². The molecule has 9 nitrogen and oxygen atoms in total.